The van der Waals surface area contributed by atoms with Gasteiger partial charge in [-0.2, -0.15) is 0 Å². The van der Waals surface area contributed by atoms with Crippen LogP contribution in [-0.4, -0.2) is 10.7 Å². The van der Waals surface area contributed by atoms with Gasteiger partial charge in [-0.05, 0) is 20.8 Å². The Bertz CT molecular complexity index is 115. The Balaban J connectivity index is 3.71. The van der Waals surface area contributed by atoms with Gasteiger partial charge in [0.25, 0.3) is 0 Å². The molecule has 0 spiro atoms. The van der Waals surface area contributed by atoms with E-state index >= 15 is 0 Å². The van der Waals surface area contributed by atoms with Crippen molar-refractivity contribution in [1.29, 1.82) is 0 Å². The molecule has 9 heavy (non-hydrogen) atoms. The van der Waals surface area contributed by atoms with E-state index in [2.05, 4.69) is 0 Å². The number of allylic oxidation sites excluding steroid dienone is 3. The molecule has 0 saturated carbocycles. The lowest BCUT2D eigenvalue weighted by atomic mass is 10.1. The molecule has 0 unspecified atom stereocenters. The smallest absolute Gasteiger partial charge is 0.0774 e. The van der Waals surface area contributed by atoms with Gasteiger partial charge in [0.2, 0.25) is 0 Å². The zero-order valence-corrected chi connectivity index (χ0v) is 6.26. The van der Waals surface area contributed by atoms with Gasteiger partial charge >= 0.3 is 0 Å². The van der Waals surface area contributed by atoms with Crippen LogP contribution in [0.2, 0.25) is 0 Å². The average Bonchev–Trinajstić information content (AvgIpc) is 1.63. The van der Waals surface area contributed by atoms with Crippen LogP contribution in [0, 0.1) is 0 Å². The second-order valence-corrected chi connectivity index (χ2v) is 2.54. The molecular weight excluding hydrogens is 112 g/mol. The molecular formula is C8H14O. The van der Waals surface area contributed by atoms with Crippen molar-refractivity contribution in [2.75, 3.05) is 0 Å². The first-order chi connectivity index (χ1) is 4.06. The van der Waals surface area contributed by atoms with Gasteiger partial charge in [0.05, 0.1) is 5.60 Å². The summed E-state index contributed by atoms with van der Waals surface area (Å²) in [5.74, 6) is 0. The van der Waals surface area contributed by atoms with E-state index in [1.54, 1.807) is 19.9 Å². The Morgan fingerprint density at radius 1 is 1.22 bits per heavy atom. The summed E-state index contributed by atoms with van der Waals surface area (Å²) in [6.07, 6.45) is 7.38. The molecule has 0 aliphatic carbocycles. The predicted molar refractivity (Wildman–Crippen MR) is 40.3 cm³/mol. The van der Waals surface area contributed by atoms with Gasteiger partial charge in [-0.1, -0.05) is 24.3 Å². The fourth-order valence-corrected chi connectivity index (χ4v) is 0.402. The van der Waals surface area contributed by atoms with E-state index in [0.717, 1.165) is 0 Å². The van der Waals surface area contributed by atoms with Crippen LogP contribution in [-0.2, 0) is 0 Å². The zero-order valence-electron chi connectivity index (χ0n) is 6.26. The lowest BCUT2D eigenvalue weighted by molar-refractivity contribution is 0.133. The zero-order chi connectivity index (χ0) is 7.33. The highest BCUT2D eigenvalue weighted by Crippen LogP contribution is 2.01. The molecule has 0 bridgehead atoms. The minimum atomic E-state index is -0.681. The van der Waals surface area contributed by atoms with Crippen LogP contribution in [0.25, 0.3) is 0 Å². The highest BCUT2D eigenvalue weighted by Gasteiger charge is 2.03. The van der Waals surface area contributed by atoms with Crippen LogP contribution in [0.1, 0.15) is 20.8 Å². The first-order valence-corrected chi connectivity index (χ1v) is 3.09. The van der Waals surface area contributed by atoms with Crippen LogP contribution < -0.4 is 0 Å². The van der Waals surface area contributed by atoms with E-state index < -0.39 is 5.60 Å². The minimum Gasteiger partial charge on any atom is -0.386 e. The van der Waals surface area contributed by atoms with Crippen LogP contribution in [0.3, 0.4) is 0 Å². The maximum atomic E-state index is 9.12. The van der Waals surface area contributed by atoms with Gasteiger partial charge in [-0.25, -0.2) is 0 Å². The number of hydrogen-bond donors (Lipinski definition) is 1. The van der Waals surface area contributed by atoms with Crippen molar-refractivity contribution in [1.82, 2.24) is 0 Å². The van der Waals surface area contributed by atoms with Crippen molar-refractivity contribution in [2.24, 2.45) is 0 Å². The molecule has 0 radical (unpaired) electrons. The monoisotopic (exact) mass is 126 g/mol. The maximum Gasteiger partial charge on any atom is 0.0774 e. The fourth-order valence-electron chi connectivity index (χ4n) is 0.402. The Kier molecular flexibility index (Phi) is 3.25. The van der Waals surface area contributed by atoms with E-state index in [-0.39, 0.29) is 0 Å². The van der Waals surface area contributed by atoms with Gasteiger partial charge in [-0.15, -0.1) is 0 Å². The molecule has 0 fully saturated rings. The minimum absolute atomic E-state index is 0.681. The molecule has 0 heterocycles. The summed E-state index contributed by atoms with van der Waals surface area (Å²) in [6, 6.07) is 0. The molecule has 0 rings (SSSR count). The van der Waals surface area contributed by atoms with Gasteiger partial charge in [0.1, 0.15) is 0 Å². The quantitative estimate of drug-likeness (QED) is 0.560. The second-order valence-electron chi connectivity index (χ2n) is 2.54. The van der Waals surface area contributed by atoms with Gasteiger partial charge in [0, 0.05) is 0 Å². The van der Waals surface area contributed by atoms with Gasteiger partial charge in [-0.3, -0.25) is 0 Å². The molecule has 52 valence electrons. The topological polar surface area (TPSA) is 20.2 Å². The molecule has 1 N–H and O–H groups in total. The van der Waals surface area contributed by atoms with E-state index in [1.807, 2.05) is 25.2 Å². The standard InChI is InChI=1S/C8H14O/c1-4-5-6-7-8(2,3)9/h4-7,9H,1-3H3. The lowest BCUT2D eigenvalue weighted by Crippen LogP contribution is -2.13. The summed E-state index contributed by atoms with van der Waals surface area (Å²) >= 11 is 0. The van der Waals surface area contributed by atoms with Crippen molar-refractivity contribution < 1.29 is 5.11 Å². The average molecular weight is 126 g/mol. The number of rotatable bonds is 2. The largest absolute Gasteiger partial charge is 0.386 e. The summed E-state index contributed by atoms with van der Waals surface area (Å²) in [7, 11) is 0. The first-order valence-electron chi connectivity index (χ1n) is 3.09. The molecule has 0 aliphatic heterocycles. The van der Waals surface area contributed by atoms with E-state index in [4.69, 9.17) is 5.11 Å². The lowest BCUT2D eigenvalue weighted by Gasteiger charge is -2.08. The molecule has 0 aliphatic rings. The third-order valence-electron chi connectivity index (χ3n) is 0.808. The second kappa shape index (κ2) is 3.46. The first kappa shape index (κ1) is 8.44. The van der Waals surface area contributed by atoms with Crippen LogP contribution in [0.4, 0.5) is 0 Å². The highest BCUT2D eigenvalue weighted by molar-refractivity contribution is 5.06. The molecule has 0 aromatic carbocycles. The summed E-state index contributed by atoms with van der Waals surface area (Å²) in [6.45, 7) is 5.43. The molecule has 1 heteroatoms. The van der Waals surface area contributed by atoms with Crippen LogP contribution in [0.15, 0.2) is 24.3 Å². The Labute approximate surface area is 56.7 Å². The van der Waals surface area contributed by atoms with Gasteiger partial charge < -0.3 is 5.11 Å². The van der Waals surface area contributed by atoms with E-state index in [0.29, 0.717) is 0 Å². The van der Waals surface area contributed by atoms with Crippen molar-refractivity contribution in [3.8, 4) is 0 Å². The van der Waals surface area contributed by atoms with Crippen LogP contribution in [0.5, 0.6) is 0 Å². The van der Waals surface area contributed by atoms with Gasteiger partial charge in [0.15, 0.2) is 0 Å². The third-order valence-corrected chi connectivity index (χ3v) is 0.808. The molecule has 0 amide bonds. The third kappa shape index (κ3) is 7.44. The number of aliphatic hydroxyl groups is 1. The van der Waals surface area contributed by atoms with Crippen molar-refractivity contribution in [2.45, 2.75) is 26.4 Å². The van der Waals surface area contributed by atoms with E-state index in [9.17, 15) is 0 Å². The predicted octanol–water partition coefficient (Wildman–Crippen LogP) is 1.89. The van der Waals surface area contributed by atoms with E-state index in [1.165, 1.54) is 0 Å². The Hall–Kier alpha value is -0.560. The SMILES string of the molecule is CC=CC=CC(C)(C)O. The summed E-state index contributed by atoms with van der Waals surface area (Å²) in [5, 5.41) is 9.12. The maximum absolute atomic E-state index is 9.12. The molecule has 0 saturated heterocycles. The molecule has 0 atom stereocenters. The normalized spacial score (nSPS) is 13.8. The molecule has 0 aromatic rings. The van der Waals surface area contributed by atoms with Crippen molar-refractivity contribution >= 4 is 0 Å². The fraction of sp³-hybridized carbons (Fsp3) is 0.500. The Morgan fingerprint density at radius 2 is 1.78 bits per heavy atom. The van der Waals surface area contributed by atoms with Crippen molar-refractivity contribution in [3.63, 3.8) is 0 Å². The molecule has 0 aromatic heterocycles. The van der Waals surface area contributed by atoms with Crippen molar-refractivity contribution in [3.05, 3.63) is 24.3 Å². The number of hydrogen-bond acceptors (Lipinski definition) is 1. The summed E-state index contributed by atoms with van der Waals surface area (Å²) in [5.41, 5.74) is -0.681. The highest BCUT2D eigenvalue weighted by atomic mass is 16.3. The van der Waals surface area contributed by atoms with Crippen LogP contribution >= 0.6 is 0 Å². The summed E-state index contributed by atoms with van der Waals surface area (Å²) in [4.78, 5) is 0. The molecule has 1 nitrogen and oxygen atoms in total. The Morgan fingerprint density at radius 3 is 2.11 bits per heavy atom. The summed E-state index contributed by atoms with van der Waals surface area (Å²) < 4.78 is 0.